The van der Waals surface area contributed by atoms with E-state index in [1.807, 2.05) is 23.2 Å². The number of pyridine rings is 1. The van der Waals surface area contributed by atoms with Gasteiger partial charge < -0.3 is 10.2 Å². The lowest BCUT2D eigenvalue weighted by Crippen LogP contribution is -2.36. The second kappa shape index (κ2) is 6.65. The Bertz CT molecular complexity index is 680. The standard InChI is InChI=1S/C19H23N3OS/c23-18(17-10-19(17)4-7-20-8-5-19)22(13-16-3-9-24-14-16)12-15-2-1-6-21-11-15/h1-3,6,9,11,14,17,20H,4-5,7-8,10,12-13H2. The first kappa shape index (κ1) is 15.8. The molecule has 24 heavy (non-hydrogen) atoms. The molecule has 0 radical (unpaired) electrons. The molecule has 1 saturated heterocycles. The molecule has 1 saturated carbocycles. The summed E-state index contributed by atoms with van der Waals surface area (Å²) in [4.78, 5) is 19.4. The third-order valence-electron chi connectivity index (χ3n) is 5.45. The van der Waals surface area contributed by atoms with Crippen LogP contribution in [-0.4, -0.2) is 28.9 Å². The third-order valence-corrected chi connectivity index (χ3v) is 6.18. The van der Waals surface area contributed by atoms with Crippen molar-refractivity contribution in [2.45, 2.75) is 32.4 Å². The van der Waals surface area contributed by atoms with Crippen molar-refractivity contribution in [1.29, 1.82) is 0 Å². The molecule has 0 bridgehead atoms. The van der Waals surface area contributed by atoms with Crippen molar-refractivity contribution in [3.05, 3.63) is 52.5 Å². The van der Waals surface area contributed by atoms with Crippen LogP contribution < -0.4 is 5.32 Å². The van der Waals surface area contributed by atoms with Crippen molar-refractivity contribution < 1.29 is 4.79 Å². The summed E-state index contributed by atoms with van der Waals surface area (Å²) in [5, 5.41) is 7.63. The minimum Gasteiger partial charge on any atom is -0.334 e. The molecule has 1 amide bonds. The maximum absolute atomic E-state index is 13.2. The molecule has 1 aliphatic carbocycles. The van der Waals surface area contributed by atoms with Gasteiger partial charge in [0.15, 0.2) is 0 Å². The fourth-order valence-electron chi connectivity index (χ4n) is 3.92. The van der Waals surface area contributed by atoms with Crippen LogP contribution in [0.1, 0.15) is 30.4 Å². The average molecular weight is 341 g/mol. The van der Waals surface area contributed by atoms with Gasteiger partial charge in [0.2, 0.25) is 5.91 Å². The van der Waals surface area contributed by atoms with Crippen LogP contribution in [0.25, 0.3) is 0 Å². The van der Waals surface area contributed by atoms with E-state index in [9.17, 15) is 4.79 Å². The van der Waals surface area contributed by atoms with Crippen LogP contribution >= 0.6 is 11.3 Å². The molecule has 2 aromatic heterocycles. The molecule has 5 heteroatoms. The molecule has 0 aromatic carbocycles. The number of thiophene rings is 1. The summed E-state index contributed by atoms with van der Waals surface area (Å²) in [6, 6.07) is 6.10. The van der Waals surface area contributed by atoms with E-state index in [0.717, 1.165) is 37.9 Å². The number of hydrogen-bond acceptors (Lipinski definition) is 4. The van der Waals surface area contributed by atoms with E-state index in [0.29, 0.717) is 19.0 Å². The second-order valence-corrected chi connectivity index (χ2v) is 7.84. The fraction of sp³-hybridized carbons (Fsp3) is 0.474. The highest BCUT2D eigenvalue weighted by molar-refractivity contribution is 7.07. The van der Waals surface area contributed by atoms with Gasteiger partial charge in [-0.05, 0) is 71.8 Å². The predicted molar refractivity (Wildman–Crippen MR) is 95.5 cm³/mol. The summed E-state index contributed by atoms with van der Waals surface area (Å²) >= 11 is 1.69. The van der Waals surface area contributed by atoms with E-state index < -0.39 is 0 Å². The number of nitrogens with zero attached hydrogens (tertiary/aromatic N) is 2. The number of rotatable bonds is 5. The Labute approximate surface area is 146 Å². The molecule has 4 nitrogen and oxygen atoms in total. The molecule has 2 aromatic rings. The zero-order chi connectivity index (χ0) is 16.4. The highest BCUT2D eigenvalue weighted by Crippen LogP contribution is 2.59. The fourth-order valence-corrected chi connectivity index (χ4v) is 4.58. The zero-order valence-corrected chi connectivity index (χ0v) is 14.6. The van der Waals surface area contributed by atoms with Gasteiger partial charge in [0, 0.05) is 31.4 Å². The SMILES string of the molecule is O=C(C1CC12CCNCC2)N(Cc1cccnc1)Cc1ccsc1. The summed E-state index contributed by atoms with van der Waals surface area (Å²) in [7, 11) is 0. The van der Waals surface area contributed by atoms with E-state index >= 15 is 0 Å². The largest absolute Gasteiger partial charge is 0.334 e. The molecule has 1 atom stereocenters. The van der Waals surface area contributed by atoms with Crippen molar-refractivity contribution in [2.24, 2.45) is 11.3 Å². The lowest BCUT2D eigenvalue weighted by atomic mass is 9.91. The lowest BCUT2D eigenvalue weighted by molar-refractivity contribution is -0.135. The van der Waals surface area contributed by atoms with E-state index in [2.05, 4.69) is 27.1 Å². The number of carbonyl (C=O) groups excluding carboxylic acids is 1. The monoisotopic (exact) mass is 341 g/mol. The predicted octanol–water partition coefficient (Wildman–Crippen LogP) is 3.06. The molecular weight excluding hydrogens is 318 g/mol. The molecule has 1 aliphatic heterocycles. The van der Waals surface area contributed by atoms with Crippen LogP contribution in [0, 0.1) is 11.3 Å². The normalized spacial score (nSPS) is 21.6. The molecule has 1 N–H and O–H groups in total. The topological polar surface area (TPSA) is 45.2 Å². The first-order valence-corrected chi connectivity index (χ1v) is 9.61. The first-order chi connectivity index (χ1) is 11.8. The smallest absolute Gasteiger partial charge is 0.226 e. The Morgan fingerprint density at radius 1 is 1.29 bits per heavy atom. The van der Waals surface area contributed by atoms with Crippen LogP contribution in [0.15, 0.2) is 41.4 Å². The van der Waals surface area contributed by atoms with Crippen molar-refractivity contribution >= 4 is 17.2 Å². The Morgan fingerprint density at radius 2 is 2.12 bits per heavy atom. The van der Waals surface area contributed by atoms with Gasteiger partial charge in [-0.2, -0.15) is 11.3 Å². The summed E-state index contributed by atoms with van der Waals surface area (Å²) in [6.07, 6.45) is 6.99. The summed E-state index contributed by atoms with van der Waals surface area (Å²) in [5.74, 6) is 0.543. The van der Waals surface area contributed by atoms with Crippen molar-refractivity contribution in [3.63, 3.8) is 0 Å². The number of nitrogens with one attached hydrogen (secondary N) is 1. The molecule has 126 valence electrons. The van der Waals surface area contributed by atoms with Crippen LogP contribution in [0.5, 0.6) is 0 Å². The average Bonchev–Trinajstić information content (AvgIpc) is 3.05. The van der Waals surface area contributed by atoms with Gasteiger partial charge in [-0.15, -0.1) is 0 Å². The van der Waals surface area contributed by atoms with Gasteiger partial charge in [0.05, 0.1) is 0 Å². The Hall–Kier alpha value is -1.72. The first-order valence-electron chi connectivity index (χ1n) is 8.66. The number of piperidine rings is 1. The highest BCUT2D eigenvalue weighted by Gasteiger charge is 2.58. The molecule has 4 rings (SSSR count). The molecule has 2 aliphatic rings. The minimum atomic E-state index is 0.218. The van der Waals surface area contributed by atoms with E-state index in [1.54, 1.807) is 17.5 Å². The number of amides is 1. The van der Waals surface area contributed by atoms with Gasteiger partial charge in [0.25, 0.3) is 0 Å². The number of aromatic nitrogens is 1. The van der Waals surface area contributed by atoms with E-state index in [1.165, 1.54) is 5.56 Å². The highest BCUT2D eigenvalue weighted by atomic mass is 32.1. The molecule has 2 fully saturated rings. The quantitative estimate of drug-likeness (QED) is 0.909. The molecular formula is C19H23N3OS. The van der Waals surface area contributed by atoms with Crippen LogP contribution in [-0.2, 0) is 17.9 Å². The Kier molecular flexibility index (Phi) is 4.37. The van der Waals surface area contributed by atoms with Crippen LogP contribution in [0.4, 0.5) is 0 Å². The molecule has 3 heterocycles. The zero-order valence-electron chi connectivity index (χ0n) is 13.8. The van der Waals surface area contributed by atoms with Gasteiger partial charge in [-0.3, -0.25) is 9.78 Å². The summed E-state index contributed by atoms with van der Waals surface area (Å²) in [5.41, 5.74) is 2.60. The van der Waals surface area contributed by atoms with Gasteiger partial charge in [-0.25, -0.2) is 0 Å². The van der Waals surface area contributed by atoms with Crippen molar-refractivity contribution in [1.82, 2.24) is 15.2 Å². The van der Waals surface area contributed by atoms with Gasteiger partial charge in [-0.1, -0.05) is 6.07 Å². The van der Waals surface area contributed by atoms with Crippen molar-refractivity contribution in [2.75, 3.05) is 13.1 Å². The minimum absolute atomic E-state index is 0.218. The molecule has 1 spiro atoms. The van der Waals surface area contributed by atoms with E-state index in [-0.39, 0.29) is 11.3 Å². The second-order valence-electron chi connectivity index (χ2n) is 7.06. The van der Waals surface area contributed by atoms with Gasteiger partial charge >= 0.3 is 0 Å². The van der Waals surface area contributed by atoms with E-state index in [4.69, 9.17) is 0 Å². The number of hydrogen-bond donors (Lipinski definition) is 1. The molecule has 1 unspecified atom stereocenters. The van der Waals surface area contributed by atoms with Crippen LogP contribution in [0.2, 0.25) is 0 Å². The van der Waals surface area contributed by atoms with Crippen molar-refractivity contribution in [3.8, 4) is 0 Å². The Morgan fingerprint density at radius 3 is 2.83 bits per heavy atom. The number of carbonyl (C=O) groups is 1. The lowest BCUT2D eigenvalue weighted by Gasteiger charge is -2.27. The Balaban J connectivity index is 1.50. The third kappa shape index (κ3) is 3.23. The summed E-state index contributed by atoms with van der Waals surface area (Å²) < 4.78 is 0. The van der Waals surface area contributed by atoms with Crippen LogP contribution in [0.3, 0.4) is 0 Å². The maximum atomic E-state index is 13.2. The summed E-state index contributed by atoms with van der Waals surface area (Å²) in [6.45, 7) is 3.45. The van der Waals surface area contributed by atoms with Gasteiger partial charge in [0.1, 0.15) is 0 Å². The maximum Gasteiger partial charge on any atom is 0.226 e.